The average molecular weight is 254 g/mol. The molecule has 0 aliphatic heterocycles. The molecule has 1 rings (SSSR count). The highest BCUT2D eigenvalue weighted by Crippen LogP contribution is 2.19. The monoisotopic (exact) mass is 254 g/mol. The van der Waals surface area contributed by atoms with Crippen LogP contribution in [0.5, 0.6) is 0 Å². The summed E-state index contributed by atoms with van der Waals surface area (Å²) in [5, 5.41) is 9.67. The van der Waals surface area contributed by atoms with Crippen LogP contribution in [0.2, 0.25) is 0 Å². The minimum Gasteiger partial charge on any atom is -0.387 e. The molecule has 1 heterocycles. The van der Waals surface area contributed by atoms with Crippen LogP contribution in [0, 0.1) is 0 Å². The first-order valence-electron chi connectivity index (χ1n) is 5.95. The molecule has 0 amide bonds. The molecule has 0 saturated carbocycles. The minimum atomic E-state index is -0.446. The SMILES string of the molecule is CCC(O)c1ccc(N(C)C(C)CSC)cn1. The third kappa shape index (κ3) is 3.89. The molecule has 1 aromatic rings. The van der Waals surface area contributed by atoms with Gasteiger partial charge in [0.05, 0.1) is 23.7 Å². The Hall–Kier alpha value is -0.740. The Bertz CT molecular complexity index is 329. The van der Waals surface area contributed by atoms with Crippen molar-refractivity contribution in [3.05, 3.63) is 24.0 Å². The molecule has 2 atom stereocenters. The van der Waals surface area contributed by atoms with E-state index in [4.69, 9.17) is 0 Å². The van der Waals surface area contributed by atoms with Gasteiger partial charge >= 0.3 is 0 Å². The number of aromatic nitrogens is 1. The van der Waals surface area contributed by atoms with Gasteiger partial charge in [-0.25, -0.2) is 0 Å². The molecular formula is C13H22N2OS. The van der Waals surface area contributed by atoms with Crippen molar-refractivity contribution in [1.82, 2.24) is 4.98 Å². The van der Waals surface area contributed by atoms with Crippen molar-refractivity contribution in [3.63, 3.8) is 0 Å². The fourth-order valence-electron chi connectivity index (χ4n) is 1.62. The van der Waals surface area contributed by atoms with Gasteiger partial charge in [-0.05, 0) is 31.7 Å². The topological polar surface area (TPSA) is 36.4 Å². The molecular weight excluding hydrogens is 232 g/mol. The van der Waals surface area contributed by atoms with Crippen LogP contribution in [0.25, 0.3) is 0 Å². The third-order valence-corrected chi connectivity index (χ3v) is 3.79. The van der Waals surface area contributed by atoms with Gasteiger partial charge in [0.15, 0.2) is 0 Å². The van der Waals surface area contributed by atoms with Gasteiger partial charge in [0.2, 0.25) is 0 Å². The zero-order valence-corrected chi connectivity index (χ0v) is 11.9. The number of rotatable bonds is 6. The fourth-order valence-corrected chi connectivity index (χ4v) is 2.33. The lowest BCUT2D eigenvalue weighted by Gasteiger charge is -2.26. The maximum Gasteiger partial charge on any atom is 0.0957 e. The molecule has 0 aliphatic rings. The summed E-state index contributed by atoms with van der Waals surface area (Å²) in [6.07, 6.45) is 4.21. The largest absolute Gasteiger partial charge is 0.387 e. The summed E-state index contributed by atoms with van der Waals surface area (Å²) in [4.78, 5) is 6.53. The number of thioether (sulfide) groups is 1. The molecule has 0 radical (unpaired) electrons. The molecule has 0 bridgehead atoms. The minimum absolute atomic E-state index is 0.446. The van der Waals surface area contributed by atoms with E-state index >= 15 is 0 Å². The van der Waals surface area contributed by atoms with E-state index in [-0.39, 0.29) is 0 Å². The summed E-state index contributed by atoms with van der Waals surface area (Å²) in [5.41, 5.74) is 1.85. The predicted octanol–water partition coefficient (Wildman–Crippen LogP) is 2.71. The molecule has 1 aromatic heterocycles. The van der Waals surface area contributed by atoms with E-state index in [1.54, 1.807) is 0 Å². The molecule has 0 fully saturated rings. The number of nitrogens with zero attached hydrogens (tertiary/aromatic N) is 2. The number of pyridine rings is 1. The van der Waals surface area contributed by atoms with E-state index < -0.39 is 6.10 Å². The smallest absolute Gasteiger partial charge is 0.0957 e. The quantitative estimate of drug-likeness (QED) is 0.847. The van der Waals surface area contributed by atoms with Crippen LogP contribution in [0.15, 0.2) is 18.3 Å². The van der Waals surface area contributed by atoms with E-state index in [1.807, 2.05) is 37.0 Å². The molecule has 96 valence electrons. The first-order valence-corrected chi connectivity index (χ1v) is 7.35. The number of anilines is 1. The van der Waals surface area contributed by atoms with E-state index in [9.17, 15) is 5.11 Å². The molecule has 4 heteroatoms. The maximum absolute atomic E-state index is 9.67. The first kappa shape index (κ1) is 14.3. The van der Waals surface area contributed by atoms with E-state index in [0.29, 0.717) is 12.5 Å². The van der Waals surface area contributed by atoms with Crippen molar-refractivity contribution in [1.29, 1.82) is 0 Å². The highest BCUT2D eigenvalue weighted by molar-refractivity contribution is 7.98. The van der Waals surface area contributed by atoms with Crippen LogP contribution in [-0.2, 0) is 0 Å². The van der Waals surface area contributed by atoms with Crippen LogP contribution >= 0.6 is 11.8 Å². The summed E-state index contributed by atoms with van der Waals surface area (Å²) in [6, 6.07) is 4.41. The molecule has 0 spiro atoms. The molecule has 17 heavy (non-hydrogen) atoms. The standard InChI is InChI=1S/C13H22N2OS/c1-5-13(16)12-7-6-11(8-14-12)15(3)10(2)9-17-4/h6-8,10,13,16H,5,9H2,1-4H3. The number of aliphatic hydroxyl groups is 1. The van der Waals surface area contributed by atoms with E-state index in [0.717, 1.165) is 17.1 Å². The average Bonchev–Trinajstić information content (AvgIpc) is 2.37. The molecule has 0 aliphatic carbocycles. The van der Waals surface area contributed by atoms with Crippen LogP contribution in [0.4, 0.5) is 5.69 Å². The van der Waals surface area contributed by atoms with Gasteiger partial charge in [-0.1, -0.05) is 6.92 Å². The van der Waals surface area contributed by atoms with Gasteiger partial charge in [-0.3, -0.25) is 4.98 Å². The summed E-state index contributed by atoms with van der Waals surface area (Å²) in [6.45, 7) is 4.15. The normalized spacial score (nSPS) is 14.4. The van der Waals surface area contributed by atoms with Crippen LogP contribution in [0.1, 0.15) is 32.1 Å². The van der Waals surface area contributed by atoms with Crippen molar-refractivity contribution in [2.24, 2.45) is 0 Å². The van der Waals surface area contributed by atoms with Gasteiger partial charge in [0.1, 0.15) is 0 Å². The van der Waals surface area contributed by atoms with Gasteiger partial charge in [0, 0.05) is 18.8 Å². The van der Waals surface area contributed by atoms with E-state index in [2.05, 4.69) is 30.1 Å². The number of hydrogen-bond acceptors (Lipinski definition) is 4. The van der Waals surface area contributed by atoms with Crippen molar-refractivity contribution < 1.29 is 5.11 Å². The second-order valence-electron chi connectivity index (χ2n) is 4.28. The molecule has 0 saturated heterocycles. The highest BCUT2D eigenvalue weighted by atomic mass is 32.2. The summed E-state index contributed by atoms with van der Waals surface area (Å²) < 4.78 is 0. The predicted molar refractivity (Wildman–Crippen MR) is 75.7 cm³/mol. The van der Waals surface area contributed by atoms with Crippen molar-refractivity contribution >= 4 is 17.4 Å². The summed E-state index contributed by atoms with van der Waals surface area (Å²) in [7, 11) is 2.08. The Morgan fingerprint density at radius 2 is 2.18 bits per heavy atom. The Kier molecular flexibility index (Phi) is 5.78. The van der Waals surface area contributed by atoms with Gasteiger partial charge in [0.25, 0.3) is 0 Å². The fraction of sp³-hybridized carbons (Fsp3) is 0.615. The number of hydrogen-bond donors (Lipinski definition) is 1. The summed E-state index contributed by atoms with van der Waals surface area (Å²) >= 11 is 1.84. The second kappa shape index (κ2) is 6.87. The van der Waals surface area contributed by atoms with Gasteiger partial charge in [-0.15, -0.1) is 0 Å². The van der Waals surface area contributed by atoms with Gasteiger partial charge < -0.3 is 10.0 Å². The molecule has 3 nitrogen and oxygen atoms in total. The highest BCUT2D eigenvalue weighted by Gasteiger charge is 2.11. The summed E-state index contributed by atoms with van der Waals surface area (Å²) in [5.74, 6) is 1.09. The van der Waals surface area contributed by atoms with Crippen LogP contribution < -0.4 is 4.90 Å². The Balaban J connectivity index is 2.73. The molecule has 0 aromatic carbocycles. The maximum atomic E-state index is 9.67. The van der Waals surface area contributed by atoms with Crippen molar-refractivity contribution in [2.45, 2.75) is 32.4 Å². The van der Waals surface area contributed by atoms with Crippen molar-refractivity contribution in [3.8, 4) is 0 Å². The van der Waals surface area contributed by atoms with Crippen molar-refractivity contribution in [2.75, 3.05) is 24.0 Å². The molecule has 1 N–H and O–H groups in total. The van der Waals surface area contributed by atoms with Gasteiger partial charge in [-0.2, -0.15) is 11.8 Å². The van der Waals surface area contributed by atoms with Crippen LogP contribution in [0.3, 0.4) is 0 Å². The van der Waals surface area contributed by atoms with E-state index in [1.165, 1.54) is 0 Å². The number of aliphatic hydroxyl groups excluding tert-OH is 1. The third-order valence-electron chi connectivity index (χ3n) is 2.98. The second-order valence-corrected chi connectivity index (χ2v) is 5.19. The lowest BCUT2D eigenvalue weighted by molar-refractivity contribution is 0.169. The Morgan fingerprint density at radius 1 is 1.47 bits per heavy atom. The lowest BCUT2D eigenvalue weighted by atomic mass is 10.2. The van der Waals surface area contributed by atoms with Crippen LogP contribution in [-0.4, -0.2) is 35.2 Å². The molecule has 2 unspecified atom stereocenters. The lowest BCUT2D eigenvalue weighted by Crippen LogP contribution is -2.30. The zero-order chi connectivity index (χ0) is 12.8. The Morgan fingerprint density at radius 3 is 2.65 bits per heavy atom. The Labute approximate surface area is 108 Å². The first-order chi connectivity index (χ1) is 8.10. The zero-order valence-electron chi connectivity index (χ0n) is 11.1.